The van der Waals surface area contributed by atoms with Crippen LogP contribution in [0.1, 0.15) is 12.8 Å². The highest BCUT2D eigenvalue weighted by molar-refractivity contribution is 5.80. The number of anilines is 1. The maximum absolute atomic E-state index is 11.9. The van der Waals surface area contributed by atoms with E-state index in [0.717, 1.165) is 25.9 Å². The molecule has 0 spiro atoms. The van der Waals surface area contributed by atoms with Crippen molar-refractivity contribution in [2.45, 2.75) is 12.8 Å². The van der Waals surface area contributed by atoms with Gasteiger partial charge in [0, 0.05) is 13.1 Å². The van der Waals surface area contributed by atoms with E-state index in [0.29, 0.717) is 11.5 Å². The predicted molar refractivity (Wildman–Crippen MR) is 62.9 cm³/mol. The van der Waals surface area contributed by atoms with Crippen LogP contribution in [0.2, 0.25) is 0 Å². The fraction of sp³-hybridized carbons (Fsp3) is 0.500. The van der Waals surface area contributed by atoms with Gasteiger partial charge in [0.05, 0.1) is 18.9 Å². The van der Waals surface area contributed by atoms with Gasteiger partial charge < -0.3 is 10.2 Å². The van der Waals surface area contributed by atoms with Crippen LogP contribution in [0.3, 0.4) is 0 Å². The van der Waals surface area contributed by atoms with E-state index in [2.05, 4.69) is 25.8 Å². The smallest absolute Gasteiger partial charge is 0.241 e. The Labute approximate surface area is 103 Å². The fourth-order valence-corrected chi connectivity index (χ4v) is 2.04. The zero-order chi connectivity index (χ0) is 12.4. The van der Waals surface area contributed by atoms with Crippen molar-refractivity contribution in [3.05, 3.63) is 12.4 Å². The Bertz CT molecular complexity index is 560. The molecule has 3 rings (SSSR count). The first-order valence-electron chi connectivity index (χ1n) is 5.88. The number of hydrogen-bond donors (Lipinski definition) is 1. The van der Waals surface area contributed by atoms with Crippen LogP contribution in [0.25, 0.3) is 5.65 Å². The highest BCUT2D eigenvalue weighted by Crippen LogP contribution is 2.09. The second kappa shape index (κ2) is 4.55. The number of tetrazole rings is 1. The molecule has 0 saturated carbocycles. The molecule has 94 valence electrons. The molecule has 3 heterocycles. The first-order valence-corrected chi connectivity index (χ1v) is 5.88. The summed E-state index contributed by atoms with van der Waals surface area (Å²) in [6, 6.07) is 0. The van der Waals surface area contributed by atoms with Crippen molar-refractivity contribution in [3.63, 3.8) is 0 Å². The molecular weight excluding hydrogens is 234 g/mol. The number of amides is 1. The van der Waals surface area contributed by atoms with Crippen LogP contribution in [-0.2, 0) is 4.79 Å². The average Bonchev–Trinajstić information content (AvgIpc) is 3.05. The summed E-state index contributed by atoms with van der Waals surface area (Å²) in [6.07, 6.45) is 5.35. The number of rotatable bonds is 3. The normalized spacial score (nSPS) is 15.2. The fourth-order valence-electron chi connectivity index (χ4n) is 2.04. The van der Waals surface area contributed by atoms with Crippen molar-refractivity contribution in [3.8, 4) is 0 Å². The molecule has 0 radical (unpaired) electrons. The Morgan fingerprint density at radius 3 is 3.00 bits per heavy atom. The van der Waals surface area contributed by atoms with Gasteiger partial charge in [-0.1, -0.05) is 0 Å². The van der Waals surface area contributed by atoms with Gasteiger partial charge in [0.2, 0.25) is 5.91 Å². The van der Waals surface area contributed by atoms with Crippen molar-refractivity contribution in [1.82, 2.24) is 29.9 Å². The lowest BCUT2D eigenvalue weighted by Gasteiger charge is -2.15. The van der Waals surface area contributed by atoms with Crippen molar-refractivity contribution in [1.29, 1.82) is 0 Å². The molecule has 1 fully saturated rings. The van der Waals surface area contributed by atoms with E-state index >= 15 is 0 Å². The van der Waals surface area contributed by atoms with Gasteiger partial charge in [-0.05, 0) is 23.3 Å². The quantitative estimate of drug-likeness (QED) is 0.790. The van der Waals surface area contributed by atoms with Gasteiger partial charge in [0.1, 0.15) is 0 Å². The van der Waals surface area contributed by atoms with Crippen molar-refractivity contribution < 1.29 is 4.79 Å². The minimum Gasteiger partial charge on any atom is -0.360 e. The number of hydrogen-bond acceptors (Lipinski definition) is 6. The summed E-state index contributed by atoms with van der Waals surface area (Å²) < 4.78 is 1.52. The van der Waals surface area contributed by atoms with Gasteiger partial charge in [-0.15, -0.1) is 5.10 Å². The van der Waals surface area contributed by atoms with Crippen LogP contribution < -0.4 is 5.32 Å². The summed E-state index contributed by atoms with van der Waals surface area (Å²) in [5.74, 6) is 0.711. The van der Waals surface area contributed by atoms with E-state index in [-0.39, 0.29) is 12.5 Å². The van der Waals surface area contributed by atoms with Gasteiger partial charge in [-0.25, -0.2) is 0 Å². The Hall–Kier alpha value is -2.25. The van der Waals surface area contributed by atoms with Crippen molar-refractivity contribution in [2.24, 2.45) is 0 Å². The van der Waals surface area contributed by atoms with E-state index in [1.165, 1.54) is 4.52 Å². The summed E-state index contributed by atoms with van der Waals surface area (Å²) in [5, 5.41) is 14.2. The number of nitrogens with zero attached hydrogens (tertiary/aromatic N) is 6. The third-order valence-corrected chi connectivity index (χ3v) is 2.99. The highest BCUT2D eigenvalue weighted by atomic mass is 16.2. The zero-order valence-corrected chi connectivity index (χ0v) is 9.78. The lowest BCUT2D eigenvalue weighted by atomic mass is 10.4. The SMILES string of the molecule is O=C(CNc1cncc2nnnn12)N1CCCC1. The number of fused-ring (bicyclic) bond motifs is 1. The molecule has 8 nitrogen and oxygen atoms in total. The second-order valence-corrected chi connectivity index (χ2v) is 4.18. The van der Waals surface area contributed by atoms with E-state index in [1.807, 2.05) is 4.90 Å². The topological polar surface area (TPSA) is 88.3 Å². The molecule has 1 amide bonds. The van der Waals surface area contributed by atoms with E-state index in [9.17, 15) is 4.79 Å². The van der Waals surface area contributed by atoms with Crippen LogP contribution in [0, 0.1) is 0 Å². The van der Waals surface area contributed by atoms with Gasteiger partial charge in [0.15, 0.2) is 11.5 Å². The molecule has 1 aliphatic rings. The van der Waals surface area contributed by atoms with Crippen LogP contribution in [0.15, 0.2) is 12.4 Å². The minimum atomic E-state index is 0.0950. The van der Waals surface area contributed by atoms with Gasteiger partial charge in [-0.3, -0.25) is 9.78 Å². The predicted octanol–water partition coefficient (Wildman–Crippen LogP) is -0.446. The summed E-state index contributed by atoms with van der Waals surface area (Å²) in [5.41, 5.74) is 0.550. The molecule has 1 N–H and O–H groups in total. The highest BCUT2D eigenvalue weighted by Gasteiger charge is 2.17. The third-order valence-electron chi connectivity index (χ3n) is 2.99. The Kier molecular flexibility index (Phi) is 2.75. The second-order valence-electron chi connectivity index (χ2n) is 4.18. The van der Waals surface area contributed by atoms with Gasteiger partial charge in [-0.2, -0.15) is 4.52 Å². The molecule has 2 aromatic heterocycles. The summed E-state index contributed by atoms with van der Waals surface area (Å²) in [4.78, 5) is 17.7. The van der Waals surface area contributed by atoms with E-state index in [1.54, 1.807) is 12.4 Å². The van der Waals surface area contributed by atoms with Crippen LogP contribution >= 0.6 is 0 Å². The first-order chi connectivity index (χ1) is 8.84. The maximum Gasteiger partial charge on any atom is 0.241 e. The number of nitrogens with one attached hydrogen (secondary N) is 1. The Balaban J connectivity index is 1.69. The molecule has 2 aromatic rings. The molecule has 0 bridgehead atoms. The number of carbonyl (C=O) groups is 1. The minimum absolute atomic E-state index is 0.0950. The molecular formula is C10H13N7O. The number of carbonyl (C=O) groups excluding carboxylic acids is 1. The standard InChI is InChI=1S/C10H13N7O/c18-10(16-3-1-2-4-16)7-12-8-5-11-6-9-13-14-15-17(8)9/h5-6,12H,1-4,7H2. The average molecular weight is 247 g/mol. The van der Waals surface area contributed by atoms with Crippen LogP contribution in [0.4, 0.5) is 5.82 Å². The molecule has 0 aromatic carbocycles. The van der Waals surface area contributed by atoms with Crippen molar-refractivity contribution >= 4 is 17.4 Å². The van der Waals surface area contributed by atoms with E-state index < -0.39 is 0 Å². The molecule has 8 heteroatoms. The van der Waals surface area contributed by atoms with Gasteiger partial charge in [0.25, 0.3) is 0 Å². The lowest BCUT2D eigenvalue weighted by molar-refractivity contribution is -0.128. The molecule has 1 saturated heterocycles. The summed E-state index contributed by atoms with van der Waals surface area (Å²) in [6.45, 7) is 1.95. The van der Waals surface area contributed by atoms with Crippen LogP contribution in [0.5, 0.6) is 0 Å². The Morgan fingerprint density at radius 1 is 1.33 bits per heavy atom. The molecule has 0 aliphatic carbocycles. The largest absolute Gasteiger partial charge is 0.360 e. The molecule has 0 atom stereocenters. The summed E-state index contributed by atoms with van der Waals surface area (Å²) >= 11 is 0. The molecule has 0 unspecified atom stereocenters. The summed E-state index contributed by atoms with van der Waals surface area (Å²) in [7, 11) is 0. The van der Waals surface area contributed by atoms with E-state index in [4.69, 9.17) is 0 Å². The lowest BCUT2D eigenvalue weighted by Crippen LogP contribution is -2.33. The van der Waals surface area contributed by atoms with Crippen LogP contribution in [-0.4, -0.2) is 55.5 Å². The maximum atomic E-state index is 11.9. The monoisotopic (exact) mass is 247 g/mol. The molecule has 18 heavy (non-hydrogen) atoms. The Morgan fingerprint density at radius 2 is 2.17 bits per heavy atom. The third kappa shape index (κ3) is 1.96. The van der Waals surface area contributed by atoms with Crippen molar-refractivity contribution in [2.75, 3.05) is 25.0 Å². The molecule has 1 aliphatic heterocycles. The number of likely N-dealkylation sites (tertiary alicyclic amines) is 1. The zero-order valence-electron chi connectivity index (χ0n) is 9.78. The number of aromatic nitrogens is 5. The van der Waals surface area contributed by atoms with Gasteiger partial charge >= 0.3 is 0 Å². The first kappa shape index (κ1) is 10.9.